The Balaban J connectivity index is 2.08. The predicted octanol–water partition coefficient (Wildman–Crippen LogP) is 2.74. The summed E-state index contributed by atoms with van der Waals surface area (Å²) in [5.41, 5.74) is 7.79. The molecule has 0 aliphatic carbocycles. The first kappa shape index (κ1) is 13.2. The number of anilines is 2. The number of aryl methyl sites for hydroxylation is 1. The van der Waals surface area contributed by atoms with Gasteiger partial charge in [0.05, 0.1) is 10.7 Å². The zero-order valence-electron chi connectivity index (χ0n) is 10.3. The number of nitrogens with two attached hydrogens (primary N) is 1. The fourth-order valence-electron chi connectivity index (χ4n) is 2.00. The summed E-state index contributed by atoms with van der Waals surface area (Å²) in [4.78, 5) is 12.0. The number of halogens is 1. The third-order valence-electron chi connectivity index (χ3n) is 3.07. The van der Waals surface area contributed by atoms with Gasteiger partial charge in [0.1, 0.15) is 6.10 Å². The highest BCUT2D eigenvalue weighted by molar-refractivity contribution is 6.33. The predicted molar refractivity (Wildman–Crippen MR) is 72.8 cm³/mol. The lowest BCUT2D eigenvalue weighted by Crippen LogP contribution is -2.33. The molecule has 2 rings (SSSR count). The molecular weight excluding hydrogens is 252 g/mol. The molecule has 1 aliphatic rings. The molecule has 0 aromatic heterocycles. The molecule has 1 atom stereocenters. The molecule has 18 heavy (non-hydrogen) atoms. The van der Waals surface area contributed by atoms with E-state index in [1.165, 1.54) is 0 Å². The van der Waals surface area contributed by atoms with Crippen molar-refractivity contribution in [1.82, 2.24) is 0 Å². The first-order valence-electron chi connectivity index (χ1n) is 6.06. The summed E-state index contributed by atoms with van der Waals surface area (Å²) < 4.78 is 5.44. The van der Waals surface area contributed by atoms with Crippen LogP contribution in [-0.2, 0) is 9.53 Å². The van der Waals surface area contributed by atoms with Crippen LogP contribution < -0.4 is 11.1 Å². The van der Waals surface area contributed by atoms with Gasteiger partial charge in [0, 0.05) is 12.3 Å². The van der Waals surface area contributed by atoms with Gasteiger partial charge in [-0.2, -0.15) is 0 Å². The van der Waals surface area contributed by atoms with Crippen molar-refractivity contribution < 1.29 is 9.53 Å². The minimum Gasteiger partial charge on any atom is -0.398 e. The standard InChI is InChI=1S/C13H17ClN2O2/c1-8-6-10(15)9(14)7-11(8)16-13(17)12-4-2-3-5-18-12/h6-7,12H,2-5,15H2,1H3,(H,16,17). The summed E-state index contributed by atoms with van der Waals surface area (Å²) >= 11 is 5.95. The molecule has 1 unspecified atom stereocenters. The Hall–Kier alpha value is -1.26. The second kappa shape index (κ2) is 5.59. The maximum absolute atomic E-state index is 12.0. The van der Waals surface area contributed by atoms with E-state index in [9.17, 15) is 4.79 Å². The van der Waals surface area contributed by atoms with Gasteiger partial charge in [-0.15, -0.1) is 0 Å². The minimum absolute atomic E-state index is 0.112. The van der Waals surface area contributed by atoms with Crippen LogP contribution in [0, 0.1) is 6.92 Å². The average Bonchev–Trinajstić information content (AvgIpc) is 2.37. The van der Waals surface area contributed by atoms with Crippen LogP contribution in [0.4, 0.5) is 11.4 Å². The van der Waals surface area contributed by atoms with Crippen LogP contribution in [0.1, 0.15) is 24.8 Å². The quantitative estimate of drug-likeness (QED) is 0.811. The molecule has 5 heteroatoms. The zero-order valence-corrected chi connectivity index (χ0v) is 11.1. The highest BCUT2D eigenvalue weighted by Crippen LogP contribution is 2.27. The first-order valence-corrected chi connectivity index (χ1v) is 6.44. The second-order valence-corrected chi connectivity index (χ2v) is 4.94. The third kappa shape index (κ3) is 2.94. The van der Waals surface area contributed by atoms with Crippen molar-refractivity contribution >= 4 is 28.9 Å². The summed E-state index contributed by atoms with van der Waals surface area (Å²) in [6.45, 7) is 2.53. The SMILES string of the molecule is Cc1cc(N)c(Cl)cc1NC(=O)C1CCCCO1. The van der Waals surface area contributed by atoms with Crippen molar-refractivity contribution in [2.75, 3.05) is 17.7 Å². The fraction of sp³-hybridized carbons (Fsp3) is 0.462. The number of amides is 1. The first-order chi connectivity index (χ1) is 8.58. The van der Waals surface area contributed by atoms with Gasteiger partial charge < -0.3 is 15.8 Å². The van der Waals surface area contributed by atoms with Crippen LogP contribution in [0.2, 0.25) is 5.02 Å². The highest BCUT2D eigenvalue weighted by atomic mass is 35.5. The van der Waals surface area contributed by atoms with Crippen molar-refractivity contribution in [3.05, 3.63) is 22.7 Å². The van der Waals surface area contributed by atoms with Gasteiger partial charge in [-0.25, -0.2) is 0 Å². The molecule has 0 spiro atoms. The van der Waals surface area contributed by atoms with Crippen molar-refractivity contribution in [2.45, 2.75) is 32.3 Å². The topological polar surface area (TPSA) is 64.3 Å². The molecule has 1 aromatic rings. The number of carbonyl (C=O) groups is 1. The molecule has 1 aliphatic heterocycles. The van der Waals surface area contributed by atoms with Gasteiger partial charge >= 0.3 is 0 Å². The molecule has 1 saturated heterocycles. The molecule has 1 heterocycles. The molecule has 1 fully saturated rings. The van der Waals surface area contributed by atoms with Crippen molar-refractivity contribution in [2.24, 2.45) is 0 Å². The van der Waals surface area contributed by atoms with Crippen LogP contribution in [0.5, 0.6) is 0 Å². The number of nitrogen functional groups attached to an aromatic ring is 1. The van der Waals surface area contributed by atoms with Crippen molar-refractivity contribution in [1.29, 1.82) is 0 Å². The highest BCUT2D eigenvalue weighted by Gasteiger charge is 2.22. The van der Waals surface area contributed by atoms with Crippen LogP contribution in [0.3, 0.4) is 0 Å². The molecule has 1 aromatic carbocycles. The molecule has 0 bridgehead atoms. The smallest absolute Gasteiger partial charge is 0.253 e. The zero-order chi connectivity index (χ0) is 13.1. The summed E-state index contributed by atoms with van der Waals surface area (Å²) in [7, 11) is 0. The van der Waals surface area contributed by atoms with Gasteiger partial charge in [0.15, 0.2) is 0 Å². The van der Waals surface area contributed by atoms with Gasteiger partial charge in [0.25, 0.3) is 5.91 Å². The molecule has 3 N–H and O–H groups in total. The van der Waals surface area contributed by atoms with E-state index < -0.39 is 0 Å². The van der Waals surface area contributed by atoms with E-state index in [-0.39, 0.29) is 12.0 Å². The minimum atomic E-state index is -0.352. The van der Waals surface area contributed by atoms with E-state index in [2.05, 4.69) is 5.32 Å². The number of hydrogen-bond acceptors (Lipinski definition) is 3. The number of nitrogens with one attached hydrogen (secondary N) is 1. The lowest BCUT2D eigenvalue weighted by Gasteiger charge is -2.22. The monoisotopic (exact) mass is 268 g/mol. The van der Waals surface area contributed by atoms with Gasteiger partial charge in [-0.3, -0.25) is 4.79 Å². The number of ether oxygens (including phenoxy) is 1. The van der Waals surface area contributed by atoms with Crippen LogP contribution in [0.25, 0.3) is 0 Å². The van der Waals surface area contributed by atoms with E-state index in [1.807, 2.05) is 6.92 Å². The Labute approximate surface area is 111 Å². The van der Waals surface area contributed by atoms with Gasteiger partial charge in [-0.05, 0) is 43.9 Å². The van der Waals surface area contributed by atoms with Crippen LogP contribution in [0.15, 0.2) is 12.1 Å². The summed E-state index contributed by atoms with van der Waals surface area (Å²) in [5.74, 6) is -0.112. The summed E-state index contributed by atoms with van der Waals surface area (Å²) in [5, 5.41) is 3.29. The Kier molecular flexibility index (Phi) is 4.09. The Bertz CT molecular complexity index is 457. The lowest BCUT2D eigenvalue weighted by molar-refractivity contribution is -0.129. The molecular formula is C13H17ClN2O2. The Morgan fingerprint density at radius 1 is 1.50 bits per heavy atom. The maximum atomic E-state index is 12.0. The number of hydrogen-bond donors (Lipinski definition) is 2. The summed E-state index contributed by atoms with van der Waals surface area (Å²) in [6, 6.07) is 3.42. The lowest BCUT2D eigenvalue weighted by atomic mass is 10.1. The van der Waals surface area contributed by atoms with Crippen LogP contribution >= 0.6 is 11.6 Å². The van der Waals surface area contributed by atoms with E-state index in [0.717, 1.165) is 24.8 Å². The van der Waals surface area contributed by atoms with Crippen LogP contribution in [-0.4, -0.2) is 18.6 Å². The second-order valence-electron chi connectivity index (χ2n) is 4.53. The number of rotatable bonds is 2. The molecule has 1 amide bonds. The van der Waals surface area contributed by atoms with E-state index in [0.29, 0.717) is 23.0 Å². The van der Waals surface area contributed by atoms with Crippen molar-refractivity contribution in [3.63, 3.8) is 0 Å². The number of benzene rings is 1. The van der Waals surface area contributed by atoms with E-state index in [1.54, 1.807) is 12.1 Å². The largest absolute Gasteiger partial charge is 0.398 e. The Morgan fingerprint density at radius 3 is 2.94 bits per heavy atom. The maximum Gasteiger partial charge on any atom is 0.253 e. The van der Waals surface area contributed by atoms with E-state index in [4.69, 9.17) is 22.1 Å². The fourth-order valence-corrected chi connectivity index (χ4v) is 2.16. The van der Waals surface area contributed by atoms with Gasteiger partial charge in [-0.1, -0.05) is 11.6 Å². The molecule has 0 saturated carbocycles. The molecule has 4 nitrogen and oxygen atoms in total. The summed E-state index contributed by atoms with van der Waals surface area (Å²) in [6.07, 6.45) is 2.47. The molecule has 0 radical (unpaired) electrons. The normalized spacial score (nSPS) is 19.6. The average molecular weight is 269 g/mol. The van der Waals surface area contributed by atoms with Gasteiger partial charge in [0.2, 0.25) is 0 Å². The number of carbonyl (C=O) groups excluding carboxylic acids is 1. The van der Waals surface area contributed by atoms with E-state index >= 15 is 0 Å². The third-order valence-corrected chi connectivity index (χ3v) is 3.40. The molecule has 98 valence electrons. The Morgan fingerprint density at radius 2 is 2.28 bits per heavy atom. The van der Waals surface area contributed by atoms with Crippen molar-refractivity contribution in [3.8, 4) is 0 Å².